The van der Waals surface area contributed by atoms with E-state index in [0.29, 0.717) is 40.2 Å². The van der Waals surface area contributed by atoms with Gasteiger partial charge in [0.1, 0.15) is 23.7 Å². The zero-order chi connectivity index (χ0) is 27.5. The van der Waals surface area contributed by atoms with Crippen LogP contribution in [0.25, 0.3) is 11.0 Å². The molecule has 39 heavy (non-hydrogen) atoms. The molecule has 1 aliphatic heterocycles. The van der Waals surface area contributed by atoms with E-state index in [1.807, 2.05) is 55.5 Å². The highest BCUT2D eigenvalue weighted by atomic mass is 32.1. The Hall–Kier alpha value is -4.24. The predicted molar refractivity (Wildman–Crippen MR) is 155 cm³/mol. The van der Waals surface area contributed by atoms with E-state index < -0.39 is 5.63 Å². The maximum Gasteiger partial charge on any atom is 0.336 e. The van der Waals surface area contributed by atoms with E-state index in [4.69, 9.17) is 35.6 Å². The first-order valence-corrected chi connectivity index (χ1v) is 13.0. The van der Waals surface area contributed by atoms with Gasteiger partial charge < -0.3 is 33.6 Å². The summed E-state index contributed by atoms with van der Waals surface area (Å²) in [4.78, 5) is 14.0. The van der Waals surface area contributed by atoms with E-state index in [9.17, 15) is 4.79 Å². The molecule has 0 aliphatic carbocycles. The number of rotatable bonds is 7. The van der Waals surface area contributed by atoms with Gasteiger partial charge in [-0.2, -0.15) is 0 Å². The number of ether oxygens (including phenoxy) is 4. The summed E-state index contributed by atoms with van der Waals surface area (Å²) in [5.41, 5.74) is 3.90. The lowest BCUT2D eigenvalue weighted by atomic mass is 9.92. The summed E-state index contributed by atoms with van der Waals surface area (Å²) in [5, 5.41) is 4.77. The van der Waals surface area contributed by atoms with E-state index in [0.717, 1.165) is 34.2 Å². The second-order valence-electron chi connectivity index (χ2n) is 9.21. The quantitative estimate of drug-likeness (QED) is 0.239. The highest BCUT2D eigenvalue weighted by Crippen LogP contribution is 2.39. The Labute approximate surface area is 232 Å². The van der Waals surface area contributed by atoms with Crippen molar-refractivity contribution in [3.05, 3.63) is 87.8 Å². The molecule has 0 spiro atoms. The summed E-state index contributed by atoms with van der Waals surface area (Å²) in [5.74, 6) is 2.60. The zero-order valence-corrected chi connectivity index (χ0v) is 23.1. The molecule has 0 amide bonds. The Bertz CT molecular complexity index is 1580. The molecule has 2 heterocycles. The molecule has 1 unspecified atom stereocenters. The average Bonchev–Trinajstić information content (AvgIpc) is 2.94. The van der Waals surface area contributed by atoms with Crippen LogP contribution in [0.15, 0.2) is 69.9 Å². The molecule has 4 aromatic rings. The third-order valence-corrected chi connectivity index (χ3v) is 7.28. The van der Waals surface area contributed by atoms with Crippen molar-refractivity contribution in [1.82, 2.24) is 4.90 Å². The van der Waals surface area contributed by atoms with E-state index >= 15 is 0 Å². The number of thiocarbonyl (C=S) groups is 1. The number of methoxy groups -OCH3 is 3. The van der Waals surface area contributed by atoms with Gasteiger partial charge in [0, 0.05) is 24.1 Å². The summed E-state index contributed by atoms with van der Waals surface area (Å²) >= 11 is 5.90. The Morgan fingerprint density at radius 2 is 1.74 bits per heavy atom. The van der Waals surface area contributed by atoms with Crippen molar-refractivity contribution in [1.29, 1.82) is 0 Å². The number of fused-ring (bicyclic) bond motifs is 2. The van der Waals surface area contributed by atoms with Crippen LogP contribution in [0.1, 0.15) is 22.7 Å². The summed E-state index contributed by atoms with van der Waals surface area (Å²) in [6, 6.07) is 18.4. The minimum Gasteiger partial charge on any atom is -0.495 e. The van der Waals surface area contributed by atoms with Crippen LogP contribution in [0.4, 0.5) is 5.69 Å². The summed E-state index contributed by atoms with van der Waals surface area (Å²) < 4.78 is 28.4. The van der Waals surface area contributed by atoms with Crippen LogP contribution in [0.2, 0.25) is 0 Å². The molecule has 1 aromatic heterocycles. The maximum absolute atomic E-state index is 11.9. The molecular weight excluding hydrogens is 516 g/mol. The van der Waals surface area contributed by atoms with Crippen molar-refractivity contribution >= 4 is 34.0 Å². The first kappa shape index (κ1) is 26.4. The minimum atomic E-state index is -0.390. The summed E-state index contributed by atoms with van der Waals surface area (Å²) in [6.45, 7) is 2.84. The molecule has 0 fully saturated rings. The SMILES string of the molecule is COc1ccccc1NC(=S)N1CCc2cc(OC)c(OC)cc2C1COc1ccc2c(C)cc(=O)oc2c1. The van der Waals surface area contributed by atoms with Crippen molar-refractivity contribution < 1.29 is 23.4 Å². The van der Waals surface area contributed by atoms with Gasteiger partial charge in [0.2, 0.25) is 0 Å². The molecule has 8 nitrogen and oxygen atoms in total. The molecule has 3 aromatic carbocycles. The fraction of sp³-hybridized carbons (Fsp3) is 0.267. The Balaban J connectivity index is 1.48. The number of nitrogens with one attached hydrogen (secondary N) is 1. The van der Waals surface area contributed by atoms with Gasteiger partial charge in [0.25, 0.3) is 0 Å². The van der Waals surface area contributed by atoms with Gasteiger partial charge in [-0.3, -0.25) is 0 Å². The van der Waals surface area contributed by atoms with Crippen LogP contribution >= 0.6 is 12.2 Å². The van der Waals surface area contributed by atoms with E-state index in [-0.39, 0.29) is 12.6 Å². The number of benzene rings is 3. The number of aryl methyl sites for hydroxylation is 1. The highest BCUT2D eigenvalue weighted by Gasteiger charge is 2.32. The van der Waals surface area contributed by atoms with Crippen molar-refractivity contribution in [2.75, 3.05) is 39.8 Å². The Morgan fingerprint density at radius 1 is 1.00 bits per heavy atom. The molecule has 0 saturated carbocycles. The molecule has 9 heteroatoms. The highest BCUT2D eigenvalue weighted by molar-refractivity contribution is 7.80. The van der Waals surface area contributed by atoms with Crippen LogP contribution in [0.3, 0.4) is 0 Å². The van der Waals surface area contributed by atoms with Gasteiger partial charge in [-0.25, -0.2) is 4.79 Å². The third kappa shape index (κ3) is 5.35. The standard InChI is InChI=1S/C30H30N2O6S/c1-18-13-29(33)38-26-15-20(9-10-21(18)26)37-17-24-22-16-28(36-4)27(35-3)14-19(22)11-12-32(24)30(39)31-23-7-5-6-8-25(23)34-2/h5-10,13-16,24H,11-12,17H2,1-4H3,(H,31,39). The minimum absolute atomic E-state index is 0.233. The van der Waals surface area contributed by atoms with Crippen LogP contribution < -0.4 is 29.9 Å². The zero-order valence-electron chi connectivity index (χ0n) is 22.3. The third-order valence-electron chi connectivity index (χ3n) is 6.94. The first-order valence-electron chi connectivity index (χ1n) is 12.5. The first-order chi connectivity index (χ1) is 18.9. The van der Waals surface area contributed by atoms with Crippen LogP contribution in [0.5, 0.6) is 23.0 Å². The summed E-state index contributed by atoms with van der Waals surface area (Å²) in [6.07, 6.45) is 0.764. The smallest absolute Gasteiger partial charge is 0.336 e. The van der Waals surface area contributed by atoms with E-state index in [1.54, 1.807) is 27.4 Å². The van der Waals surface area contributed by atoms with Crippen molar-refractivity contribution in [3.8, 4) is 23.0 Å². The topological polar surface area (TPSA) is 82.4 Å². The molecule has 0 bridgehead atoms. The van der Waals surface area contributed by atoms with E-state index in [1.165, 1.54) is 6.07 Å². The molecule has 5 rings (SSSR count). The lowest BCUT2D eigenvalue weighted by Gasteiger charge is -2.39. The molecular formula is C30H30N2O6S. The lowest BCUT2D eigenvalue weighted by Crippen LogP contribution is -2.44. The molecule has 1 N–H and O–H groups in total. The number of para-hydroxylation sites is 2. The van der Waals surface area contributed by atoms with Gasteiger partial charge in [-0.1, -0.05) is 12.1 Å². The lowest BCUT2D eigenvalue weighted by molar-refractivity contribution is 0.190. The summed E-state index contributed by atoms with van der Waals surface area (Å²) in [7, 11) is 4.88. The second-order valence-corrected chi connectivity index (χ2v) is 9.60. The van der Waals surface area contributed by atoms with Gasteiger partial charge in [0.05, 0.1) is 33.1 Å². The van der Waals surface area contributed by atoms with Gasteiger partial charge in [-0.05, 0) is 78.7 Å². The Kier molecular flexibility index (Phi) is 7.60. The maximum atomic E-state index is 11.9. The van der Waals surface area contributed by atoms with Crippen LogP contribution in [0, 0.1) is 6.92 Å². The number of hydrogen-bond donors (Lipinski definition) is 1. The molecule has 1 atom stereocenters. The fourth-order valence-electron chi connectivity index (χ4n) is 4.96. The van der Waals surface area contributed by atoms with E-state index in [2.05, 4.69) is 10.2 Å². The number of hydrogen-bond acceptors (Lipinski definition) is 7. The molecule has 202 valence electrons. The monoisotopic (exact) mass is 546 g/mol. The Morgan fingerprint density at radius 3 is 2.51 bits per heavy atom. The van der Waals surface area contributed by atoms with Crippen LogP contribution in [-0.2, 0) is 6.42 Å². The van der Waals surface area contributed by atoms with Gasteiger partial charge >= 0.3 is 5.63 Å². The molecule has 1 aliphatic rings. The van der Waals surface area contributed by atoms with Crippen molar-refractivity contribution in [2.45, 2.75) is 19.4 Å². The van der Waals surface area contributed by atoms with Crippen molar-refractivity contribution in [3.63, 3.8) is 0 Å². The number of anilines is 1. The predicted octanol–water partition coefficient (Wildman–Crippen LogP) is 5.50. The van der Waals surface area contributed by atoms with Crippen LogP contribution in [-0.4, -0.2) is 44.5 Å². The fourth-order valence-corrected chi connectivity index (χ4v) is 5.28. The number of nitrogens with zero attached hydrogens (tertiary/aromatic N) is 1. The van der Waals surface area contributed by atoms with Gasteiger partial charge in [-0.15, -0.1) is 0 Å². The normalized spacial score (nSPS) is 14.5. The second kappa shape index (κ2) is 11.2. The van der Waals surface area contributed by atoms with Crippen molar-refractivity contribution in [2.24, 2.45) is 0 Å². The molecule has 0 radical (unpaired) electrons. The largest absolute Gasteiger partial charge is 0.495 e. The average molecular weight is 547 g/mol. The molecule has 0 saturated heterocycles. The van der Waals surface area contributed by atoms with Gasteiger partial charge in [0.15, 0.2) is 16.6 Å².